The summed E-state index contributed by atoms with van der Waals surface area (Å²) >= 11 is 0. The second-order valence-corrected chi connectivity index (χ2v) is 5.57. The molecule has 0 aromatic carbocycles. The van der Waals surface area contributed by atoms with E-state index in [0.29, 0.717) is 0 Å². The highest BCUT2D eigenvalue weighted by atomic mass is 14.9. The Kier molecular flexibility index (Phi) is 7.27. The van der Waals surface area contributed by atoms with Gasteiger partial charge in [0.1, 0.15) is 0 Å². The van der Waals surface area contributed by atoms with Gasteiger partial charge < -0.3 is 5.32 Å². The maximum atomic E-state index is 3.59. The molecule has 1 saturated heterocycles. The molecular weight excluding hydrogens is 206 g/mol. The van der Waals surface area contributed by atoms with Crippen LogP contribution in [-0.2, 0) is 0 Å². The van der Waals surface area contributed by atoms with Gasteiger partial charge in [0.25, 0.3) is 0 Å². The minimum absolute atomic E-state index is 0.872. The number of unbranched alkanes of at least 4 members (excludes halogenated alkanes) is 1. The minimum Gasteiger partial charge on any atom is -0.316 e. The van der Waals surface area contributed by atoms with Crippen LogP contribution >= 0.6 is 0 Å². The molecule has 1 aliphatic heterocycles. The third kappa shape index (κ3) is 6.68. The van der Waals surface area contributed by atoms with Gasteiger partial charge in [0.05, 0.1) is 0 Å². The molecule has 0 aromatic heterocycles. The van der Waals surface area contributed by atoms with Crippen molar-refractivity contribution in [3.63, 3.8) is 0 Å². The van der Waals surface area contributed by atoms with Gasteiger partial charge >= 0.3 is 0 Å². The first-order valence-corrected chi connectivity index (χ1v) is 7.22. The Bertz CT molecular complexity index is 252. The highest BCUT2D eigenvalue weighted by Crippen LogP contribution is 2.20. The van der Waals surface area contributed by atoms with Crippen molar-refractivity contribution < 1.29 is 0 Å². The molecule has 0 bridgehead atoms. The molecule has 1 nitrogen and oxygen atoms in total. The summed E-state index contributed by atoms with van der Waals surface area (Å²) in [6.45, 7) is 9.07. The van der Waals surface area contributed by atoms with Gasteiger partial charge in [0.15, 0.2) is 0 Å². The van der Waals surface area contributed by atoms with Gasteiger partial charge in [-0.25, -0.2) is 0 Å². The van der Waals surface area contributed by atoms with E-state index in [1.165, 1.54) is 50.8 Å². The normalized spacial score (nSPS) is 27.4. The van der Waals surface area contributed by atoms with Crippen molar-refractivity contribution in [2.45, 2.75) is 52.9 Å². The van der Waals surface area contributed by atoms with Crippen molar-refractivity contribution in [3.05, 3.63) is 23.8 Å². The molecule has 1 aliphatic rings. The molecule has 1 heteroatoms. The maximum absolute atomic E-state index is 3.59. The van der Waals surface area contributed by atoms with Crippen LogP contribution in [0, 0.1) is 11.8 Å². The first-order chi connectivity index (χ1) is 8.22. The highest BCUT2D eigenvalue weighted by Gasteiger charge is 2.14. The van der Waals surface area contributed by atoms with Crippen LogP contribution in [0.4, 0.5) is 0 Å². The fraction of sp³-hybridized carbons (Fsp3) is 0.750. The van der Waals surface area contributed by atoms with E-state index in [4.69, 9.17) is 0 Å². The molecule has 2 atom stereocenters. The Labute approximate surface area is 107 Å². The average Bonchev–Trinajstić information content (AvgIpc) is 2.53. The molecule has 0 aliphatic carbocycles. The lowest BCUT2D eigenvalue weighted by Crippen LogP contribution is -2.22. The van der Waals surface area contributed by atoms with Crippen LogP contribution in [0.2, 0.25) is 0 Å². The summed E-state index contributed by atoms with van der Waals surface area (Å²) in [4.78, 5) is 0. The molecule has 1 N–H and O–H groups in total. The van der Waals surface area contributed by atoms with Crippen molar-refractivity contribution in [3.8, 4) is 0 Å². The van der Waals surface area contributed by atoms with Crippen molar-refractivity contribution >= 4 is 0 Å². The van der Waals surface area contributed by atoms with E-state index in [-0.39, 0.29) is 0 Å². The van der Waals surface area contributed by atoms with E-state index in [1.54, 1.807) is 0 Å². The summed E-state index contributed by atoms with van der Waals surface area (Å²) in [6.07, 6.45) is 13.5. The quantitative estimate of drug-likeness (QED) is 0.553. The van der Waals surface area contributed by atoms with Crippen LogP contribution in [0.15, 0.2) is 23.8 Å². The van der Waals surface area contributed by atoms with Gasteiger partial charge in [-0.1, -0.05) is 30.7 Å². The molecule has 0 amide bonds. The maximum Gasteiger partial charge on any atom is -0.00204 e. The van der Waals surface area contributed by atoms with Crippen LogP contribution in [0.1, 0.15) is 52.9 Å². The number of hydrogen-bond donors (Lipinski definition) is 1. The predicted octanol–water partition coefficient (Wildman–Crippen LogP) is 4.31. The summed E-state index contributed by atoms with van der Waals surface area (Å²) in [5.74, 6) is 1.79. The van der Waals surface area contributed by atoms with Crippen molar-refractivity contribution in [1.29, 1.82) is 0 Å². The van der Waals surface area contributed by atoms with E-state index in [2.05, 4.69) is 44.3 Å². The number of hydrogen-bond acceptors (Lipinski definition) is 1. The smallest absolute Gasteiger partial charge is 0.00204 e. The number of nitrogens with one attached hydrogen (secondary N) is 1. The van der Waals surface area contributed by atoms with E-state index < -0.39 is 0 Å². The van der Waals surface area contributed by atoms with Crippen LogP contribution in [0.3, 0.4) is 0 Å². The zero-order valence-electron chi connectivity index (χ0n) is 11.8. The molecule has 0 saturated carbocycles. The zero-order valence-corrected chi connectivity index (χ0v) is 11.8. The lowest BCUT2D eigenvalue weighted by atomic mass is 9.94. The Morgan fingerprint density at radius 2 is 2.12 bits per heavy atom. The number of rotatable bonds is 5. The summed E-state index contributed by atoms with van der Waals surface area (Å²) in [5, 5.41) is 3.59. The number of allylic oxidation sites excluding steroid dienone is 4. The molecule has 1 heterocycles. The van der Waals surface area contributed by atoms with Crippen molar-refractivity contribution in [1.82, 2.24) is 5.32 Å². The highest BCUT2D eigenvalue weighted by molar-refractivity contribution is 5.14. The second kappa shape index (κ2) is 8.52. The first-order valence-electron chi connectivity index (χ1n) is 7.22. The third-order valence-corrected chi connectivity index (χ3v) is 3.81. The standard InChI is InChI=1S/C16H29N/c1-4-14(2)8-6-5-7-9-16-11-10-15(3)12-17-13-16/h4,6,8,15-17H,5,7,9-13H2,1-3H3/b8-6?,14-4-/t15-,16+/m0/s1. The molecule has 0 spiro atoms. The molecular formula is C16H29N. The summed E-state index contributed by atoms with van der Waals surface area (Å²) in [6, 6.07) is 0. The Hall–Kier alpha value is -0.560. The molecule has 98 valence electrons. The summed E-state index contributed by atoms with van der Waals surface area (Å²) < 4.78 is 0. The van der Waals surface area contributed by atoms with Gasteiger partial charge in [-0.2, -0.15) is 0 Å². The van der Waals surface area contributed by atoms with Gasteiger partial charge in [-0.15, -0.1) is 0 Å². The Balaban J connectivity index is 2.12. The molecule has 1 fully saturated rings. The second-order valence-electron chi connectivity index (χ2n) is 5.57. The summed E-state index contributed by atoms with van der Waals surface area (Å²) in [7, 11) is 0. The van der Waals surface area contributed by atoms with E-state index in [0.717, 1.165) is 11.8 Å². The summed E-state index contributed by atoms with van der Waals surface area (Å²) in [5.41, 5.74) is 1.37. The van der Waals surface area contributed by atoms with Gasteiger partial charge in [-0.3, -0.25) is 0 Å². The first kappa shape index (κ1) is 14.5. The zero-order chi connectivity index (χ0) is 12.5. The molecule has 1 rings (SSSR count). The fourth-order valence-corrected chi connectivity index (χ4v) is 2.39. The Morgan fingerprint density at radius 1 is 1.29 bits per heavy atom. The topological polar surface area (TPSA) is 12.0 Å². The van der Waals surface area contributed by atoms with E-state index in [1.807, 2.05) is 0 Å². The predicted molar refractivity (Wildman–Crippen MR) is 77.2 cm³/mol. The van der Waals surface area contributed by atoms with Crippen LogP contribution in [-0.4, -0.2) is 13.1 Å². The van der Waals surface area contributed by atoms with E-state index in [9.17, 15) is 0 Å². The monoisotopic (exact) mass is 235 g/mol. The van der Waals surface area contributed by atoms with Gasteiger partial charge in [0.2, 0.25) is 0 Å². The molecule has 0 radical (unpaired) electrons. The van der Waals surface area contributed by atoms with E-state index >= 15 is 0 Å². The minimum atomic E-state index is 0.872. The molecule has 0 aromatic rings. The largest absolute Gasteiger partial charge is 0.316 e. The Morgan fingerprint density at radius 3 is 2.88 bits per heavy atom. The van der Waals surface area contributed by atoms with Gasteiger partial charge in [-0.05, 0) is 70.9 Å². The lowest BCUT2D eigenvalue weighted by Gasteiger charge is -2.12. The van der Waals surface area contributed by atoms with Gasteiger partial charge in [0, 0.05) is 0 Å². The van der Waals surface area contributed by atoms with Crippen LogP contribution in [0.5, 0.6) is 0 Å². The lowest BCUT2D eigenvalue weighted by molar-refractivity contribution is 0.427. The third-order valence-electron chi connectivity index (χ3n) is 3.81. The fourth-order valence-electron chi connectivity index (χ4n) is 2.39. The molecule has 17 heavy (non-hydrogen) atoms. The van der Waals surface area contributed by atoms with Crippen LogP contribution in [0.25, 0.3) is 0 Å². The molecule has 0 unspecified atom stereocenters. The van der Waals surface area contributed by atoms with Crippen molar-refractivity contribution in [2.24, 2.45) is 11.8 Å². The average molecular weight is 235 g/mol. The SMILES string of the molecule is C/C=C(/C)C=CCCC[C@@H]1CC[C@H](C)CNC1. The van der Waals surface area contributed by atoms with Crippen LogP contribution < -0.4 is 5.32 Å². The van der Waals surface area contributed by atoms with Crippen molar-refractivity contribution in [2.75, 3.05) is 13.1 Å².